The van der Waals surface area contributed by atoms with Gasteiger partial charge in [-0.15, -0.1) is 0 Å². The molecule has 160 valence electrons. The van der Waals surface area contributed by atoms with Crippen molar-refractivity contribution in [1.82, 2.24) is 0 Å². The van der Waals surface area contributed by atoms with Gasteiger partial charge in [0.2, 0.25) is 5.90 Å². The molecular formula is C24H17ClN2O5. The molecule has 0 bridgehead atoms. The van der Waals surface area contributed by atoms with Crippen LogP contribution >= 0.6 is 11.6 Å². The standard InChI is InChI=1S/C24H17ClN2O5/c1-15-6-2-3-8-17(15)14-31-22-9-5-4-7-16(22)12-21-24(28)32-23(26-21)19-13-18(27(29)30)10-11-20(19)25/h2-13H,14H2,1H3/b21-12-. The van der Waals surface area contributed by atoms with Gasteiger partial charge in [-0.05, 0) is 36.3 Å². The summed E-state index contributed by atoms with van der Waals surface area (Å²) in [5.74, 6) is -0.197. The van der Waals surface area contributed by atoms with Crippen LogP contribution in [0.15, 0.2) is 77.4 Å². The van der Waals surface area contributed by atoms with Crippen LogP contribution in [0.5, 0.6) is 5.75 Å². The number of hydrogen-bond donors (Lipinski definition) is 0. The number of non-ortho nitro benzene ring substituents is 1. The smallest absolute Gasteiger partial charge is 0.363 e. The van der Waals surface area contributed by atoms with Crippen LogP contribution in [0.4, 0.5) is 5.69 Å². The van der Waals surface area contributed by atoms with Crippen LogP contribution in [0.2, 0.25) is 5.02 Å². The molecule has 1 aliphatic rings. The molecule has 1 heterocycles. The number of carbonyl (C=O) groups is 1. The number of carbonyl (C=O) groups excluding carboxylic acids is 1. The lowest BCUT2D eigenvalue weighted by Gasteiger charge is -2.11. The number of para-hydroxylation sites is 1. The maximum absolute atomic E-state index is 12.4. The van der Waals surface area contributed by atoms with Crippen molar-refractivity contribution in [2.24, 2.45) is 4.99 Å². The van der Waals surface area contributed by atoms with E-state index in [1.165, 1.54) is 18.2 Å². The summed E-state index contributed by atoms with van der Waals surface area (Å²) in [6.45, 7) is 2.38. The number of nitrogens with zero attached hydrogens (tertiary/aromatic N) is 2. The largest absolute Gasteiger partial charge is 0.488 e. The Balaban J connectivity index is 1.63. The summed E-state index contributed by atoms with van der Waals surface area (Å²) in [4.78, 5) is 27.1. The zero-order chi connectivity index (χ0) is 22.7. The first-order valence-electron chi connectivity index (χ1n) is 9.65. The van der Waals surface area contributed by atoms with Crippen LogP contribution in [-0.2, 0) is 16.1 Å². The monoisotopic (exact) mass is 448 g/mol. The summed E-state index contributed by atoms with van der Waals surface area (Å²) in [5, 5.41) is 11.2. The summed E-state index contributed by atoms with van der Waals surface area (Å²) in [6, 6.07) is 19.0. The Bertz CT molecular complexity index is 1280. The highest BCUT2D eigenvalue weighted by molar-refractivity contribution is 6.34. The van der Waals surface area contributed by atoms with Crippen LogP contribution in [0.25, 0.3) is 6.08 Å². The molecule has 3 aromatic rings. The van der Waals surface area contributed by atoms with Gasteiger partial charge in [-0.25, -0.2) is 9.79 Å². The Labute approximate surface area is 188 Å². The van der Waals surface area contributed by atoms with Gasteiger partial charge in [-0.3, -0.25) is 10.1 Å². The molecule has 1 aliphatic heterocycles. The van der Waals surface area contributed by atoms with E-state index in [0.29, 0.717) is 17.9 Å². The molecule has 8 heteroatoms. The van der Waals surface area contributed by atoms with Crippen molar-refractivity contribution >= 4 is 35.2 Å². The van der Waals surface area contributed by atoms with Crippen molar-refractivity contribution in [3.05, 3.63) is 110 Å². The van der Waals surface area contributed by atoms with Crippen molar-refractivity contribution in [2.45, 2.75) is 13.5 Å². The lowest BCUT2D eigenvalue weighted by atomic mass is 10.1. The van der Waals surface area contributed by atoms with Gasteiger partial charge in [0.15, 0.2) is 5.70 Å². The predicted molar refractivity (Wildman–Crippen MR) is 121 cm³/mol. The van der Waals surface area contributed by atoms with Gasteiger partial charge in [0.05, 0.1) is 15.5 Å². The number of benzene rings is 3. The first-order valence-corrected chi connectivity index (χ1v) is 10.0. The second-order valence-corrected chi connectivity index (χ2v) is 7.42. The fraction of sp³-hybridized carbons (Fsp3) is 0.0833. The maximum atomic E-state index is 12.4. The van der Waals surface area contributed by atoms with Crippen molar-refractivity contribution in [3.8, 4) is 5.75 Å². The average molecular weight is 449 g/mol. The second kappa shape index (κ2) is 9.03. The van der Waals surface area contributed by atoms with Crippen molar-refractivity contribution < 1.29 is 19.2 Å². The predicted octanol–water partition coefficient (Wildman–Crippen LogP) is 5.48. The van der Waals surface area contributed by atoms with Crippen LogP contribution in [0.1, 0.15) is 22.3 Å². The number of hydrogen-bond acceptors (Lipinski definition) is 6. The SMILES string of the molecule is Cc1ccccc1COc1ccccc1/C=C1\N=C(c2cc([N+](=O)[O-])ccc2Cl)OC1=O. The number of rotatable bonds is 6. The maximum Gasteiger partial charge on any atom is 0.363 e. The lowest BCUT2D eigenvalue weighted by Crippen LogP contribution is -2.06. The van der Waals surface area contributed by atoms with Gasteiger partial charge in [0, 0.05) is 17.7 Å². The van der Waals surface area contributed by atoms with E-state index in [1.54, 1.807) is 18.2 Å². The van der Waals surface area contributed by atoms with Gasteiger partial charge < -0.3 is 9.47 Å². The molecule has 0 aliphatic carbocycles. The van der Waals surface area contributed by atoms with Crippen LogP contribution in [0, 0.1) is 17.0 Å². The zero-order valence-electron chi connectivity index (χ0n) is 16.9. The molecule has 0 spiro atoms. The topological polar surface area (TPSA) is 91.0 Å². The number of cyclic esters (lactones) is 1. The fourth-order valence-electron chi connectivity index (χ4n) is 3.12. The summed E-state index contributed by atoms with van der Waals surface area (Å²) >= 11 is 6.14. The number of aryl methyl sites for hydroxylation is 1. The van der Waals surface area contributed by atoms with Crippen LogP contribution in [0.3, 0.4) is 0 Å². The first kappa shape index (κ1) is 21.3. The molecule has 4 rings (SSSR count). The van der Waals surface area contributed by atoms with Crippen molar-refractivity contribution in [2.75, 3.05) is 0 Å². The Morgan fingerprint density at radius 1 is 1.12 bits per heavy atom. The highest BCUT2D eigenvalue weighted by atomic mass is 35.5. The van der Waals surface area contributed by atoms with E-state index in [1.807, 2.05) is 43.3 Å². The molecule has 0 radical (unpaired) electrons. The molecule has 32 heavy (non-hydrogen) atoms. The number of halogens is 1. The Morgan fingerprint density at radius 3 is 2.66 bits per heavy atom. The highest BCUT2D eigenvalue weighted by Gasteiger charge is 2.27. The first-order chi connectivity index (χ1) is 15.4. The molecule has 0 atom stereocenters. The third-order valence-corrected chi connectivity index (χ3v) is 5.20. The molecule has 0 saturated carbocycles. The molecule has 0 amide bonds. The summed E-state index contributed by atoms with van der Waals surface area (Å²) in [6.07, 6.45) is 1.55. The van der Waals surface area contributed by atoms with E-state index >= 15 is 0 Å². The quantitative estimate of drug-likeness (QED) is 0.215. The third kappa shape index (κ3) is 4.53. The molecule has 3 aromatic carbocycles. The highest BCUT2D eigenvalue weighted by Crippen LogP contribution is 2.29. The van der Waals surface area contributed by atoms with Crippen LogP contribution < -0.4 is 4.74 Å². The van der Waals surface area contributed by atoms with Crippen molar-refractivity contribution in [3.63, 3.8) is 0 Å². The summed E-state index contributed by atoms with van der Waals surface area (Å²) in [5.41, 5.74) is 2.83. The Hall–Kier alpha value is -3.97. The molecule has 0 aromatic heterocycles. The lowest BCUT2D eigenvalue weighted by molar-refractivity contribution is -0.384. The number of esters is 1. The molecule has 0 saturated heterocycles. The van der Waals surface area contributed by atoms with Gasteiger partial charge in [-0.2, -0.15) is 0 Å². The molecule has 0 N–H and O–H groups in total. The second-order valence-electron chi connectivity index (χ2n) is 7.01. The third-order valence-electron chi connectivity index (χ3n) is 4.87. The van der Waals surface area contributed by atoms with E-state index < -0.39 is 10.9 Å². The number of nitro groups is 1. The number of nitro benzene ring substituents is 1. The van der Waals surface area contributed by atoms with E-state index in [4.69, 9.17) is 21.1 Å². The fourth-order valence-corrected chi connectivity index (χ4v) is 3.32. The zero-order valence-corrected chi connectivity index (χ0v) is 17.7. The Kier molecular flexibility index (Phi) is 6.00. The summed E-state index contributed by atoms with van der Waals surface area (Å²) in [7, 11) is 0. The molecule has 0 unspecified atom stereocenters. The molecule has 0 fully saturated rings. The van der Waals surface area contributed by atoms with E-state index in [-0.39, 0.29) is 27.9 Å². The van der Waals surface area contributed by atoms with E-state index in [0.717, 1.165) is 11.1 Å². The Morgan fingerprint density at radius 2 is 1.88 bits per heavy atom. The van der Waals surface area contributed by atoms with E-state index in [2.05, 4.69) is 4.99 Å². The van der Waals surface area contributed by atoms with Gasteiger partial charge >= 0.3 is 5.97 Å². The minimum absolute atomic E-state index is 0.0366. The van der Waals surface area contributed by atoms with Crippen LogP contribution in [-0.4, -0.2) is 16.8 Å². The van der Waals surface area contributed by atoms with Gasteiger partial charge in [0.25, 0.3) is 5.69 Å². The summed E-state index contributed by atoms with van der Waals surface area (Å²) < 4.78 is 11.2. The molecular weight excluding hydrogens is 432 g/mol. The number of ether oxygens (including phenoxy) is 2. The average Bonchev–Trinajstić information content (AvgIpc) is 3.14. The minimum Gasteiger partial charge on any atom is -0.488 e. The normalized spacial score (nSPS) is 14.2. The molecule has 7 nitrogen and oxygen atoms in total. The van der Waals surface area contributed by atoms with E-state index in [9.17, 15) is 14.9 Å². The van der Waals surface area contributed by atoms with Crippen molar-refractivity contribution in [1.29, 1.82) is 0 Å². The van der Waals surface area contributed by atoms with Gasteiger partial charge in [0.1, 0.15) is 12.4 Å². The minimum atomic E-state index is -0.684. The number of aliphatic imine (C=N–C) groups is 1. The van der Waals surface area contributed by atoms with Gasteiger partial charge in [-0.1, -0.05) is 54.1 Å².